The number of hydrogen-bond donors (Lipinski definition) is 5. The van der Waals surface area contributed by atoms with Crippen molar-refractivity contribution < 1.29 is 24.4 Å². The quantitative estimate of drug-likeness (QED) is 0.243. The predicted octanol–water partition coefficient (Wildman–Crippen LogP) is 2.28. The zero-order valence-corrected chi connectivity index (χ0v) is 23.1. The number of carbonyl (C=O) groups is 3. The van der Waals surface area contributed by atoms with Crippen molar-refractivity contribution in [1.29, 1.82) is 0 Å². The minimum Gasteiger partial charge on any atom is -0.426 e. The Labute approximate surface area is 226 Å². The second-order valence-electron chi connectivity index (χ2n) is 10.7. The Bertz CT molecular complexity index is 1010. The summed E-state index contributed by atoms with van der Waals surface area (Å²) in [6, 6.07) is 17.3. The van der Waals surface area contributed by atoms with E-state index in [-0.39, 0.29) is 30.1 Å². The summed E-state index contributed by atoms with van der Waals surface area (Å²) in [6.07, 6.45) is 1.14. The van der Waals surface area contributed by atoms with Crippen LogP contribution in [0.4, 0.5) is 0 Å². The zero-order chi connectivity index (χ0) is 28.2. The number of benzene rings is 2. The lowest BCUT2D eigenvalue weighted by atomic mass is 9.73. The van der Waals surface area contributed by atoms with Gasteiger partial charge in [0.2, 0.25) is 17.7 Å². The Balaban J connectivity index is 2.20. The molecule has 0 radical (unpaired) electrons. The van der Waals surface area contributed by atoms with E-state index in [0.29, 0.717) is 12.8 Å². The molecule has 206 valence electrons. The molecule has 5 N–H and O–H groups in total. The maximum Gasteiger partial charge on any atom is 0.475 e. The molecule has 3 amide bonds. The third-order valence-corrected chi connectivity index (χ3v) is 6.44. The number of carbonyl (C=O) groups excluding carboxylic acids is 3. The highest BCUT2D eigenvalue weighted by molar-refractivity contribution is 6.43. The van der Waals surface area contributed by atoms with Gasteiger partial charge >= 0.3 is 7.12 Å². The van der Waals surface area contributed by atoms with Crippen LogP contribution in [-0.2, 0) is 27.2 Å². The molecular weight excluding hydrogens is 481 g/mol. The molecule has 8 nitrogen and oxygen atoms in total. The van der Waals surface area contributed by atoms with Crippen LogP contribution in [0.25, 0.3) is 0 Å². The van der Waals surface area contributed by atoms with Crippen molar-refractivity contribution in [3.63, 3.8) is 0 Å². The molecule has 0 heterocycles. The molecule has 0 saturated carbocycles. The summed E-state index contributed by atoms with van der Waals surface area (Å²) >= 11 is 0. The van der Waals surface area contributed by atoms with Gasteiger partial charge in [0.25, 0.3) is 0 Å². The highest BCUT2D eigenvalue weighted by Crippen LogP contribution is 2.12. The fraction of sp³-hybridized carbons (Fsp3) is 0.483. The van der Waals surface area contributed by atoms with Gasteiger partial charge in [0.05, 0.1) is 5.94 Å². The Hall–Kier alpha value is -3.17. The summed E-state index contributed by atoms with van der Waals surface area (Å²) in [6.45, 7) is 9.22. The minimum atomic E-state index is -1.73. The molecule has 0 aliphatic carbocycles. The Morgan fingerprint density at radius 3 is 1.63 bits per heavy atom. The van der Waals surface area contributed by atoms with Gasteiger partial charge in [0.1, 0.15) is 12.1 Å². The Morgan fingerprint density at radius 1 is 0.684 bits per heavy atom. The summed E-state index contributed by atoms with van der Waals surface area (Å²) in [4.78, 5) is 39.7. The first-order valence-electron chi connectivity index (χ1n) is 13.3. The molecular formula is C29H42BN3O5. The molecule has 4 atom stereocenters. The van der Waals surface area contributed by atoms with Crippen LogP contribution >= 0.6 is 0 Å². The summed E-state index contributed by atoms with van der Waals surface area (Å²) in [5, 5.41) is 27.8. The van der Waals surface area contributed by atoms with Crippen LogP contribution in [0.3, 0.4) is 0 Å². The van der Waals surface area contributed by atoms with E-state index in [1.165, 1.54) is 0 Å². The maximum atomic E-state index is 13.5. The van der Waals surface area contributed by atoms with Crippen molar-refractivity contribution in [2.45, 2.75) is 71.9 Å². The van der Waals surface area contributed by atoms with E-state index in [1.54, 1.807) is 13.8 Å². The summed E-state index contributed by atoms with van der Waals surface area (Å²) < 4.78 is 0. The fourth-order valence-electron chi connectivity index (χ4n) is 4.26. The van der Waals surface area contributed by atoms with E-state index in [9.17, 15) is 24.4 Å². The number of amides is 3. The third kappa shape index (κ3) is 10.3. The lowest BCUT2D eigenvalue weighted by Gasteiger charge is -2.28. The molecule has 0 spiro atoms. The second-order valence-corrected chi connectivity index (χ2v) is 10.7. The monoisotopic (exact) mass is 523 g/mol. The summed E-state index contributed by atoms with van der Waals surface area (Å²) in [5.41, 5.74) is 1.90. The highest BCUT2D eigenvalue weighted by Gasteiger charge is 2.33. The molecule has 0 saturated heterocycles. The lowest BCUT2D eigenvalue weighted by Crippen LogP contribution is -2.58. The molecule has 0 bridgehead atoms. The molecule has 0 aliphatic rings. The van der Waals surface area contributed by atoms with Gasteiger partial charge in [-0.2, -0.15) is 0 Å². The van der Waals surface area contributed by atoms with E-state index >= 15 is 0 Å². The largest absolute Gasteiger partial charge is 0.475 e. The number of hydrogen-bond acceptors (Lipinski definition) is 5. The highest BCUT2D eigenvalue weighted by atomic mass is 16.4. The molecule has 0 aromatic heterocycles. The SMILES string of the molecule is CC(C)C[C@H](NC(=O)[C@H](Cc1ccccc1)NC(=O)C(C)Cc1ccccc1)C(=O)N[C@H](B(O)O)C(C)C. The molecule has 9 heteroatoms. The van der Waals surface area contributed by atoms with Gasteiger partial charge in [0, 0.05) is 12.3 Å². The minimum absolute atomic E-state index is 0.0793. The average Bonchev–Trinajstić information content (AvgIpc) is 2.86. The molecule has 2 rings (SSSR count). The lowest BCUT2D eigenvalue weighted by molar-refractivity contribution is -0.133. The van der Waals surface area contributed by atoms with Crippen LogP contribution in [0.5, 0.6) is 0 Å². The standard InChI is InChI=1S/C29H42BN3O5/c1-19(2)16-24(29(36)33-26(20(3)4)30(37)38)32-28(35)25(18-23-14-10-7-11-15-23)31-27(34)21(5)17-22-12-8-6-9-13-22/h6-15,19-21,24-26,37-38H,16-18H2,1-5H3,(H,31,34)(H,32,35)(H,33,36)/t21?,24-,25-,26-/m0/s1. The first kappa shape index (κ1) is 31.1. The molecule has 38 heavy (non-hydrogen) atoms. The van der Waals surface area contributed by atoms with E-state index in [4.69, 9.17) is 0 Å². The van der Waals surface area contributed by atoms with Crippen LogP contribution in [0, 0.1) is 17.8 Å². The van der Waals surface area contributed by atoms with Gasteiger partial charge < -0.3 is 26.0 Å². The van der Waals surface area contributed by atoms with Crippen molar-refractivity contribution in [2.75, 3.05) is 0 Å². The molecule has 2 aromatic rings. The smallest absolute Gasteiger partial charge is 0.426 e. The van der Waals surface area contributed by atoms with Gasteiger partial charge in [0.15, 0.2) is 0 Å². The Kier molecular flexibility index (Phi) is 12.5. The van der Waals surface area contributed by atoms with Gasteiger partial charge in [-0.25, -0.2) is 0 Å². The normalized spacial score (nSPS) is 14.3. The fourth-order valence-corrected chi connectivity index (χ4v) is 4.26. The van der Waals surface area contributed by atoms with Gasteiger partial charge in [-0.1, -0.05) is 95.3 Å². The number of rotatable bonds is 14. The van der Waals surface area contributed by atoms with Gasteiger partial charge in [-0.05, 0) is 35.8 Å². The van der Waals surface area contributed by atoms with E-state index in [0.717, 1.165) is 11.1 Å². The molecule has 0 aliphatic heterocycles. The average molecular weight is 523 g/mol. The van der Waals surface area contributed by atoms with E-state index < -0.39 is 37.0 Å². The van der Waals surface area contributed by atoms with Crippen molar-refractivity contribution in [1.82, 2.24) is 16.0 Å². The molecule has 0 fully saturated rings. The van der Waals surface area contributed by atoms with Crippen LogP contribution in [-0.4, -0.2) is 52.9 Å². The summed E-state index contributed by atoms with van der Waals surface area (Å²) in [5.74, 6) is -2.62. The number of nitrogens with one attached hydrogen (secondary N) is 3. The van der Waals surface area contributed by atoms with Gasteiger partial charge in [-0.3, -0.25) is 14.4 Å². The van der Waals surface area contributed by atoms with Crippen molar-refractivity contribution in [3.05, 3.63) is 71.8 Å². The Morgan fingerprint density at radius 2 is 1.16 bits per heavy atom. The third-order valence-electron chi connectivity index (χ3n) is 6.44. The van der Waals surface area contributed by atoms with Crippen LogP contribution in [0.2, 0.25) is 0 Å². The van der Waals surface area contributed by atoms with Crippen molar-refractivity contribution >= 4 is 24.8 Å². The predicted molar refractivity (Wildman–Crippen MR) is 150 cm³/mol. The second kappa shape index (κ2) is 15.3. The zero-order valence-electron chi connectivity index (χ0n) is 23.1. The van der Waals surface area contributed by atoms with Crippen LogP contribution in [0.15, 0.2) is 60.7 Å². The van der Waals surface area contributed by atoms with Crippen molar-refractivity contribution in [3.8, 4) is 0 Å². The maximum absolute atomic E-state index is 13.5. The molecule has 1 unspecified atom stereocenters. The first-order valence-corrected chi connectivity index (χ1v) is 13.3. The first-order chi connectivity index (χ1) is 18.0. The van der Waals surface area contributed by atoms with Crippen molar-refractivity contribution in [2.24, 2.45) is 17.8 Å². The van der Waals surface area contributed by atoms with Crippen LogP contribution < -0.4 is 16.0 Å². The topological polar surface area (TPSA) is 128 Å². The van der Waals surface area contributed by atoms with E-state index in [2.05, 4.69) is 16.0 Å². The molecule has 2 aromatic carbocycles. The van der Waals surface area contributed by atoms with Gasteiger partial charge in [-0.15, -0.1) is 0 Å². The van der Waals surface area contributed by atoms with E-state index in [1.807, 2.05) is 81.4 Å². The summed E-state index contributed by atoms with van der Waals surface area (Å²) in [7, 11) is -1.73. The van der Waals surface area contributed by atoms with Crippen LogP contribution in [0.1, 0.15) is 52.2 Å².